The van der Waals surface area contributed by atoms with E-state index >= 15 is 0 Å². The van der Waals surface area contributed by atoms with Crippen LogP contribution in [0.2, 0.25) is 0 Å². The van der Waals surface area contributed by atoms with Gasteiger partial charge in [0.05, 0.1) is 17.1 Å². The Morgan fingerprint density at radius 2 is 1.97 bits per heavy atom. The van der Waals surface area contributed by atoms with Gasteiger partial charge in [-0.25, -0.2) is 4.98 Å². The van der Waals surface area contributed by atoms with Crippen molar-refractivity contribution in [3.8, 4) is 0 Å². The van der Waals surface area contributed by atoms with Gasteiger partial charge in [-0.15, -0.1) is 0 Å². The van der Waals surface area contributed by atoms with E-state index in [2.05, 4.69) is 27.2 Å². The molecule has 6 nitrogen and oxygen atoms in total. The van der Waals surface area contributed by atoms with Gasteiger partial charge in [-0.05, 0) is 54.3 Å². The molecule has 1 unspecified atom stereocenters. The summed E-state index contributed by atoms with van der Waals surface area (Å²) >= 11 is 1.73. The number of aromatic nitrogens is 2. The van der Waals surface area contributed by atoms with Gasteiger partial charge in [-0.1, -0.05) is 30.8 Å². The number of aromatic amines is 1. The van der Waals surface area contributed by atoms with Gasteiger partial charge in [0.15, 0.2) is 0 Å². The Hall–Kier alpha value is -3.06. The van der Waals surface area contributed by atoms with Crippen molar-refractivity contribution in [2.75, 3.05) is 12.0 Å². The van der Waals surface area contributed by atoms with Crippen LogP contribution in [0.5, 0.6) is 0 Å². The number of thioether (sulfide) groups is 1. The molecular formula is C22H24N4O2S. The minimum absolute atomic E-state index is 0.154. The third kappa shape index (κ3) is 5.48. The average Bonchev–Trinajstić information content (AvgIpc) is 3.19. The highest BCUT2D eigenvalue weighted by molar-refractivity contribution is 7.98. The summed E-state index contributed by atoms with van der Waals surface area (Å²) in [6.07, 6.45) is 4.05. The molecule has 0 aliphatic rings. The molecule has 0 aliphatic heterocycles. The zero-order valence-corrected chi connectivity index (χ0v) is 17.1. The Kier molecular flexibility index (Phi) is 7.08. The van der Waals surface area contributed by atoms with Gasteiger partial charge in [0.2, 0.25) is 5.91 Å². The number of imidazole rings is 1. The lowest BCUT2D eigenvalue weighted by atomic mass is 10.1. The Bertz CT molecular complexity index is 964. The molecule has 3 N–H and O–H groups in total. The quantitative estimate of drug-likeness (QED) is 0.472. The molecular weight excluding hydrogens is 384 g/mol. The third-order valence-corrected chi connectivity index (χ3v) is 5.17. The highest BCUT2D eigenvalue weighted by Gasteiger charge is 2.19. The van der Waals surface area contributed by atoms with Crippen LogP contribution in [0.25, 0.3) is 11.0 Å². The van der Waals surface area contributed by atoms with Crippen molar-refractivity contribution in [3.05, 3.63) is 78.1 Å². The molecule has 0 saturated heterocycles. The van der Waals surface area contributed by atoms with Crippen LogP contribution >= 0.6 is 11.8 Å². The second kappa shape index (κ2) is 9.93. The summed E-state index contributed by atoms with van der Waals surface area (Å²) in [6, 6.07) is 14.8. The Morgan fingerprint density at radius 3 is 2.66 bits per heavy atom. The molecule has 0 radical (unpaired) electrons. The fraction of sp³-hybridized carbons (Fsp3) is 0.227. The number of hydrogen-bond acceptors (Lipinski definition) is 4. The second-order valence-electron chi connectivity index (χ2n) is 6.57. The second-order valence-corrected chi connectivity index (χ2v) is 7.55. The van der Waals surface area contributed by atoms with Crippen molar-refractivity contribution in [1.82, 2.24) is 20.6 Å². The van der Waals surface area contributed by atoms with Crippen LogP contribution < -0.4 is 10.6 Å². The molecule has 1 heterocycles. The summed E-state index contributed by atoms with van der Waals surface area (Å²) in [4.78, 5) is 32.0. The van der Waals surface area contributed by atoms with Gasteiger partial charge < -0.3 is 15.6 Å². The first-order valence-electron chi connectivity index (χ1n) is 9.34. The molecule has 0 saturated carbocycles. The summed E-state index contributed by atoms with van der Waals surface area (Å²) < 4.78 is 0. The molecule has 3 rings (SSSR count). The number of fused-ring (bicyclic) bond motifs is 1. The first-order chi connectivity index (χ1) is 14.1. The van der Waals surface area contributed by atoms with E-state index in [4.69, 9.17) is 0 Å². The van der Waals surface area contributed by atoms with E-state index in [1.165, 1.54) is 6.08 Å². The van der Waals surface area contributed by atoms with Crippen LogP contribution in [0.3, 0.4) is 0 Å². The van der Waals surface area contributed by atoms with Crippen molar-refractivity contribution in [1.29, 1.82) is 0 Å². The maximum atomic E-state index is 12.8. The fourth-order valence-electron chi connectivity index (χ4n) is 2.93. The topological polar surface area (TPSA) is 86.9 Å². The van der Waals surface area contributed by atoms with E-state index in [1.54, 1.807) is 23.9 Å². The number of para-hydroxylation sites is 2. The van der Waals surface area contributed by atoms with Gasteiger partial charge in [0.25, 0.3) is 5.91 Å². The van der Waals surface area contributed by atoms with Crippen LogP contribution in [0, 0.1) is 0 Å². The third-order valence-electron chi connectivity index (χ3n) is 4.52. The summed E-state index contributed by atoms with van der Waals surface area (Å²) in [5.74, 6) is 1.29. The summed E-state index contributed by atoms with van der Waals surface area (Å²) in [5, 5.41) is 5.81. The SMILES string of the molecule is C=CC(=O)NCc1ccc(C(=O)NC(CCSC)c2nc3ccccc3[nH]2)cc1. The van der Waals surface area contributed by atoms with Crippen LogP contribution in [-0.4, -0.2) is 33.8 Å². The van der Waals surface area contributed by atoms with Crippen molar-refractivity contribution >= 4 is 34.6 Å². The maximum Gasteiger partial charge on any atom is 0.251 e. The number of amides is 2. The normalized spacial score (nSPS) is 11.8. The maximum absolute atomic E-state index is 12.8. The van der Waals surface area contributed by atoms with Crippen LogP contribution in [0.1, 0.15) is 34.2 Å². The zero-order valence-electron chi connectivity index (χ0n) is 16.3. The summed E-state index contributed by atoms with van der Waals surface area (Å²) in [5.41, 5.74) is 3.32. The molecule has 1 atom stereocenters. The van der Waals surface area contributed by atoms with E-state index in [-0.39, 0.29) is 17.9 Å². The lowest BCUT2D eigenvalue weighted by Gasteiger charge is -2.16. The molecule has 2 amide bonds. The number of carbonyl (C=O) groups excluding carboxylic acids is 2. The van der Waals surface area contributed by atoms with E-state index in [1.807, 2.05) is 42.7 Å². The van der Waals surface area contributed by atoms with Gasteiger partial charge >= 0.3 is 0 Å². The lowest BCUT2D eigenvalue weighted by Crippen LogP contribution is -2.29. The van der Waals surface area contributed by atoms with Crippen molar-refractivity contribution in [3.63, 3.8) is 0 Å². The molecule has 0 fully saturated rings. The fourth-order valence-corrected chi connectivity index (χ4v) is 3.40. The number of rotatable bonds is 9. The molecule has 29 heavy (non-hydrogen) atoms. The molecule has 0 spiro atoms. The van der Waals surface area contributed by atoms with Crippen molar-refractivity contribution < 1.29 is 9.59 Å². The van der Waals surface area contributed by atoms with E-state index < -0.39 is 0 Å². The summed E-state index contributed by atoms with van der Waals surface area (Å²) in [7, 11) is 0. The predicted molar refractivity (Wildman–Crippen MR) is 118 cm³/mol. The van der Waals surface area contributed by atoms with E-state index in [9.17, 15) is 9.59 Å². The molecule has 7 heteroatoms. The Labute approximate surface area is 174 Å². The first-order valence-corrected chi connectivity index (χ1v) is 10.7. The van der Waals surface area contributed by atoms with Crippen LogP contribution in [0.4, 0.5) is 0 Å². The number of benzene rings is 2. The Morgan fingerprint density at radius 1 is 1.21 bits per heavy atom. The molecule has 2 aromatic carbocycles. The van der Waals surface area contributed by atoms with E-state index in [0.29, 0.717) is 12.1 Å². The predicted octanol–water partition coefficient (Wildman–Crippen LogP) is 3.59. The van der Waals surface area contributed by atoms with Crippen molar-refractivity contribution in [2.45, 2.75) is 19.0 Å². The van der Waals surface area contributed by atoms with E-state index in [0.717, 1.165) is 34.6 Å². The molecule has 0 bridgehead atoms. The van der Waals surface area contributed by atoms with Gasteiger partial charge in [-0.3, -0.25) is 9.59 Å². The smallest absolute Gasteiger partial charge is 0.251 e. The molecule has 3 aromatic rings. The number of H-pyrrole nitrogens is 1. The largest absolute Gasteiger partial charge is 0.348 e. The number of hydrogen-bond donors (Lipinski definition) is 3. The van der Waals surface area contributed by atoms with Gasteiger partial charge in [0.1, 0.15) is 5.82 Å². The molecule has 1 aromatic heterocycles. The minimum atomic E-state index is -0.228. The average molecular weight is 409 g/mol. The highest BCUT2D eigenvalue weighted by atomic mass is 32.2. The highest BCUT2D eigenvalue weighted by Crippen LogP contribution is 2.20. The van der Waals surface area contributed by atoms with Crippen LogP contribution in [-0.2, 0) is 11.3 Å². The standard InChI is InChI=1S/C22H24N4O2S/c1-3-20(27)23-14-15-8-10-16(11-9-15)22(28)26-19(12-13-29-2)21-24-17-6-4-5-7-18(17)25-21/h3-11,19H,1,12-14H2,2H3,(H,23,27)(H,24,25)(H,26,28). The minimum Gasteiger partial charge on any atom is -0.348 e. The van der Waals surface area contributed by atoms with Gasteiger partial charge in [0, 0.05) is 12.1 Å². The summed E-state index contributed by atoms with van der Waals surface area (Å²) in [6.45, 7) is 3.81. The van der Waals surface area contributed by atoms with Gasteiger partial charge in [-0.2, -0.15) is 11.8 Å². The molecule has 0 aliphatic carbocycles. The Balaban J connectivity index is 1.70. The van der Waals surface area contributed by atoms with Crippen molar-refractivity contribution in [2.24, 2.45) is 0 Å². The number of nitrogens with zero attached hydrogens (tertiary/aromatic N) is 1. The molecule has 150 valence electrons. The lowest BCUT2D eigenvalue weighted by molar-refractivity contribution is -0.116. The van der Waals surface area contributed by atoms with Crippen LogP contribution in [0.15, 0.2) is 61.2 Å². The monoisotopic (exact) mass is 408 g/mol. The number of nitrogens with one attached hydrogen (secondary N) is 3. The zero-order chi connectivity index (χ0) is 20.6. The first kappa shape index (κ1) is 20.7. The number of carbonyl (C=O) groups is 2.